The van der Waals surface area contributed by atoms with Gasteiger partial charge in [0.15, 0.2) is 0 Å². The lowest BCUT2D eigenvalue weighted by Gasteiger charge is -2.21. The molecule has 1 heterocycles. The van der Waals surface area contributed by atoms with Gasteiger partial charge in [0.2, 0.25) is 0 Å². The van der Waals surface area contributed by atoms with Gasteiger partial charge in [0.05, 0.1) is 12.8 Å². The first-order valence-electron chi connectivity index (χ1n) is 7.35. The van der Waals surface area contributed by atoms with E-state index >= 15 is 0 Å². The molecule has 0 radical (unpaired) electrons. The van der Waals surface area contributed by atoms with E-state index in [-0.39, 0.29) is 0 Å². The van der Waals surface area contributed by atoms with Crippen LogP contribution in [0.25, 0.3) is 0 Å². The summed E-state index contributed by atoms with van der Waals surface area (Å²) in [6.45, 7) is 8.52. The summed E-state index contributed by atoms with van der Waals surface area (Å²) in [7, 11) is 0. The van der Waals surface area contributed by atoms with Crippen LogP contribution in [0, 0.1) is 0 Å². The normalized spacial score (nSPS) is 15.5. The molecule has 0 saturated heterocycles. The fourth-order valence-electron chi connectivity index (χ4n) is 2.30. The number of unbranched alkanes of at least 4 members (excludes halogenated alkanes) is 1. The summed E-state index contributed by atoms with van der Waals surface area (Å²) in [4.78, 5) is 2.60. The zero-order valence-electron chi connectivity index (χ0n) is 11.7. The van der Waals surface area contributed by atoms with Crippen LogP contribution >= 0.6 is 0 Å². The fraction of sp³-hybridized carbons (Fsp3) is 0.733. The van der Waals surface area contributed by atoms with E-state index in [0.717, 1.165) is 31.4 Å². The molecule has 2 rings (SSSR count). The lowest BCUT2D eigenvalue weighted by atomic mass is 10.2. The minimum absolute atomic E-state index is 0.814. The van der Waals surface area contributed by atoms with Gasteiger partial charge < -0.3 is 9.73 Å². The number of nitrogens with zero attached hydrogens (tertiary/aromatic N) is 1. The number of nitrogens with one attached hydrogen (secondary N) is 1. The number of hydrogen-bond acceptors (Lipinski definition) is 3. The molecule has 0 atom stereocenters. The van der Waals surface area contributed by atoms with Crippen LogP contribution in [-0.4, -0.2) is 24.0 Å². The van der Waals surface area contributed by atoms with Gasteiger partial charge in [0.1, 0.15) is 5.76 Å². The Hall–Kier alpha value is -0.800. The van der Waals surface area contributed by atoms with Crippen molar-refractivity contribution in [1.82, 2.24) is 10.2 Å². The Kier molecular flexibility index (Phi) is 5.26. The topological polar surface area (TPSA) is 28.4 Å². The minimum Gasteiger partial charge on any atom is -0.468 e. The third kappa shape index (κ3) is 3.85. The van der Waals surface area contributed by atoms with Gasteiger partial charge in [-0.2, -0.15) is 0 Å². The van der Waals surface area contributed by atoms with Gasteiger partial charge in [-0.25, -0.2) is 0 Å². The highest BCUT2D eigenvalue weighted by molar-refractivity contribution is 5.17. The third-order valence-electron chi connectivity index (χ3n) is 3.61. The molecular weight excluding hydrogens is 224 g/mol. The summed E-state index contributed by atoms with van der Waals surface area (Å²) < 4.78 is 5.67. The largest absolute Gasteiger partial charge is 0.468 e. The smallest absolute Gasteiger partial charge is 0.122 e. The van der Waals surface area contributed by atoms with Crippen molar-refractivity contribution in [2.45, 2.75) is 58.7 Å². The molecule has 0 spiro atoms. The number of hydrogen-bond donors (Lipinski definition) is 1. The Morgan fingerprint density at radius 1 is 1.39 bits per heavy atom. The molecule has 1 aromatic rings. The van der Waals surface area contributed by atoms with E-state index in [1.54, 1.807) is 0 Å². The summed E-state index contributed by atoms with van der Waals surface area (Å²) in [6.07, 6.45) is 7.12. The molecule has 1 aliphatic carbocycles. The molecule has 0 bridgehead atoms. The maximum absolute atomic E-state index is 5.67. The van der Waals surface area contributed by atoms with Gasteiger partial charge in [-0.1, -0.05) is 20.3 Å². The van der Waals surface area contributed by atoms with Crippen molar-refractivity contribution >= 4 is 0 Å². The van der Waals surface area contributed by atoms with Crippen LogP contribution in [0.2, 0.25) is 0 Å². The summed E-state index contributed by atoms with van der Waals surface area (Å²) in [5.41, 5.74) is 1.32. The van der Waals surface area contributed by atoms with E-state index < -0.39 is 0 Å². The van der Waals surface area contributed by atoms with E-state index in [2.05, 4.69) is 30.1 Å². The second-order valence-corrected chi connectivity index (χ2v) is 5.20. The van der Waals surface area contributed by atoms with Crippen LogP contribution in [0.3, 0.4) is 0 Å². The highest BCUT2D eigenvalue weighted by Crippen LogP contribution is 2.29. The van der Waals surface area contributed by atoms with Crippen LogP contribution in [0.1, 0.15) is 50.9 Å². The molecule has 3 nitrogen and oxygen atoms in total. The standard InChI is InChI=1S/C15H26N2O/c1-3-5-9-17(14-6-7-14)12-15-13(8-10-18-15)11-16-4-2/h8,10,14,16H,3-7,9,11-12H2,1-2H3. The third-order valence-corrected chi connectivity index (χ3v) is 3.61. The molecule has 3 heteroatoms. The Morgan fingerprint density at radius 2 is 2.22 bits per heavy atom. The van der Waals surface area contributed by atoms with E-state index in [4.69, 9.17) is 4.42 Å². The molecule has 0 amide bonds. The van der Waals surface area contributed by atoms with Crippen molar-refractivity contribution in [3.63, 3.8) is 0 Å². The summed E-state index contributed by atoms with van der Waals surface area (Å²) in [5, 5.41) is 3.37. The van der Waals surface area contributed by atoms with Crippen molar-refractivity contribution in [1.29, 1.82) is 0 Å². The Labute approximate surface area is 111 Å². The summed E-state index contributed by atoms with van der Waals surface area (Å²) in [5.74, 6) is 1.15. The van der Waals surface area contributed by atoms with Gasteiger partial charge in [0, 0.05) is 18.2 Å². The predicted octanol–water partition coefficient (Wildman–Crippen LogP) is 3.15. The molecular formula is C15H26N2O. The number of rotatable bonds is 9. The first-order chi connectivity index (χ1) is 8.85. The van der Waals surface area contributed by atoms with Crippen molar-refractivity contribution < 1.29 is 4.42 Å². The molecule has 1 saturated carbocycles. The molecule has 102 valence electrons. The minimum atomic E-state index is 0.814. The van der Waals surface area contributed by atoms with Crippen LogP contribution in [0.4, 0.5) is 0 Å². The van der Waals surface area contributed by atoms with Crippen LogP contribution in [-0.2, 0) is 13.1 Å². The van der Waals surface area contributed by atoms with Gasteiger partial charge in [-0.3, -0.25) is 4.90 Å². The fourth-order valence-corrected chi connectivity index (χ4v) is 2.30. The van der Waals surface area contributed by atoms with Gasteiger partial charge in [0.25, 0.3) is 0 Å². The van der Waals surface area contributed by atoms with Crippen LogP contribution < -0.4 is 5.32 Å². The molecule has 1 aromatic heterocycles. The second-order valence-electron chi connectivity index (χ2n) is 5.20. The van der Waals surface area contributed by atoms with Crippen molar-refractivity contribution in [3.8, 4) is 0 Å². The molecule has 18 heavy (non-hydrogen) atoms. The average Bonchev–Trinajstić information content (AvgIpc) is 3.13. The Morgan fingerprint density at radius 3 is 2.89 bits per heavy atom. The second kappa shape index (κ2) is 6.95. The first-order valence-corrected chi connectivity index (χ1v) is 7.35. The summed E-state index contributed by atoms with van der Waals surface area (Å²) in [6, 6.07) is 2.91. The van der Waals surface area contributed by atoms with E-state index in [0.29, 0.717) is 0 Å². The van der Waals surface area contributed by atoms with E-state index in [1.807, 2.05) is 6.26 Å². The quantitative estimate of drug-likeness (QED) is 0.730. The van der Waals surface area contributed by atoms with Crippen LogP contribution in [0.15, 0.2) is 16.7 Å². The highest BCUT2D eigenvalue weighted by Gasteiger charge is 2.29. The first kappa shape index (κ1) is 13.6. The Balaban J connectivity index is 1.91. The lowest BCUT2D eigenvalue weighted by Crippen LogP contribution is -2.27. The SMILES string of the molecule is CCCCN(Cc1occc1CNCC)C1CC1. The zero-order valence-corrected chi connectivity index (χ0v) is 11.7. The molecule has 0 aliphatic heterocycles. The Bertz CT molecular complexity index is 344. The lowest BCUT2D eigenvalue weighted by molar-refractivity contribution is 0.229. The van der Waals surface area contributed by atoms with Gasteiger partial charge in [-0.15, -0.1) is 0 Å². The van der Waals surface area contributed by atoms with Crippen LogP contribution in [0.5, 0.6) is 0 Å². The van der Waals surface area contributed by atoms with Crippen molar-refractivity contribution in [3.05, 3.63) is 23.7 Å². The molecule has 0 aromatic carbocycles. The highest BCUT2D eigenvalue weighted by atomic mass is 16.3. The summed E-state index contributed by atoms with van der Waals surface area (Å²) >= 11 is 0. The van der Waals surface area contributed by atoms with Gasteiger partial charge in [-0.05, 0) is 38.4 Å². The maximum Gasteiger partial charge on any atom is 0.122 e. The molecule has 0 unspecified atom stereocenters. The molecule has 1 N–H and O–H groups in total. The molecule has 1 fully saturated rings. The monoisotopic (exact) mass is 250 g/mol. The van der Waals surface area contributed by atoms with Gasteiger partial charge >= 0.3 is 0 Å². The van der Waals surface area contributed by atoms with E-state index in [1.165, 1.54) is 37.8 Å². The average molecular weight is 250 g/mol. The number of furan rings is 1. The van der Waals surface area contributed by atoms with E-state index in [9.17, 15) is 0 Å². The zero-order chi connectivity index (χ0) is 12.8. The van der Waals surface area contributed by atoms with Crippen molar-refractivity contribution in [2.24, 2.45) is 0 Å². The maximum atomic E-state index is 5.67. The molecule has 1 aliphatic rings. The predicted molar refractivity (Wildman–Crippen MR) is 74.4 cm³/mol. The van der Waals surface area contributed by atoms with Crippen molar-refractivity contribution in [2.75, 3.05) is 13.1 Å².